The maximum atomic E-state index is 15.0. The van der Waals surface area contributed by atoms with E-state index in [-0.39, 0.29) is 22.7 Å². The number of nitrogens with one attached hydrogen (secondary N) is 1. The molecule has 2 aromatic carbocycles. The lowest BCUT2D eigenvalue weighted by Crippen LogP contribution is -2.42. The third-order valence-corrected chi connectivity index (χ3v) is 6.15. The minimum absolute atomic E-state index is 0.0562. The SMILES string of the molecule is CC(C)n1cc(C(=O)Nc2ccc(Oc3ccnc(-c4cnn(C)c4)c3)c(F)c2)c(=O)n(-c2ccc(F)cc2)c1=O. The average Bonchev–Trinajstić information content (AvgIpc) is 3.37. The maximum absolute atomic E-state index is 15.0. The summed E-state index contributed by atoms with van der Waals surface area (Å²) in [6.07, 6.45) is 6.11. The minimum atomic E-state index is -0.904. The predicted molar refractivity (Wildman–Crippen MR) is 148 cm³/mol. The van der Waals surface area contributed by atoms with Crippen molar-refractivity contribution in [2.45, 2.75) is 19.9 Å². The second-order valence-electron chi connectivity index (χ2n) is 9.42. The molecule has 5 rings (SSSR count). The first-order chi connectivity index (χ1) is 19.6. The van der Waals surface area contributed by atoms with Crippen molar-refractivity contribution in [3.8, 4) is 28.4 Å². The number of aryl methyl sites for hydroxylation is 1. The second-order valence-corrected chi connectivity index (χ2v) is 9.42. The normalized spacial score (nSPS) is 11.1. The van der Waals surface area contributed by atoms with Gasteiger partial charge in [-0.25, -0.2) is 18.1 Å². The highest BCUT2D eigenvalue weighted by molar-refractivity contribution is 6.03. The molecule has 0 saturated carbocycles. The third-order valence-electron chi connectivity index (χ3n) is 6.15. The molecule has 10 nitrogen and oxygen atoms in total. The van der Waals surface area contributed by atoms with Gasteiger partial charge in [0.1, 0.15) is 17.1 Å². The summed E-state index contributed by atoms with van der Waals surface area (Å²) in [7, 11) is 1.78. The highest BCUT2D eigenvalue weighted by Crippen LogP contribution is 2.29. The Balaban J connectivity index is 1.41. The standard InChI is InChI=1S/C29H24F2N6O4/c1-17(2)36-16-23(28(39)37(29(36)40)21-7-4-19(30)5-8-21)27(38)34-20-6-9-26(24(31)12-20)41-22-10-11-32-25(13-22)18-14-33-35(3)15-18/h4-17H,1-3H3,(H,34,38). The summed E-state index contributed by atoms with van der Waals surface area (Å²) in [5.41, 5.74) is -0.445. The Bertz CT molecular complexity index is 1880. The van der Waals surface area contributed by atoms with Gasteiger partial charge in [-0.2, -0.15) is 5.10 Å². The van der Waals surface area contributed by atoms with Crippen LogP contribution in [0.5, 0.6) is 11.5 Å². The Labute approximate surface area is 232 Å². The first kappa shape index (κ1) is 27.2. The van der Waals surface area contributed by atoms with E-state index < -0.39 is 34.8 Å². The lowest BCUT2D eigenvalue weighted by molar-refractivity contribution is 0.102. The van der Waals surface area contributed by atoms with Crippen molar-refractivity contribution in [1.82, 2.24) is 23.9 Å². The molecule has 0 radical (unpaired) electrons. The quantitative estimate of drug-likeness (QED) is 0.310. The number of ether oxygens (including phenoxy) is 1. The van der Waals surface area contributed by atoms with Crippen molar-refractivity contribution in [2.24, 2.45) is 7.05 Å². The summed E-state index contributed by atoms with van der Waals surface area (Å²) >= 11 is 0. The molecule has 41 heavy (non-hydrogen) atoms. The van der Waals surface area contributed by atoms with Crippen LogP contribution in [0.2, 0.25) is 0 Å². The first-order valence-electron chi connectivity index (χ1n) is 12.5. The number of carbonyl (C=O) groups excluding carboxylic acids is 1. The van der Waals surface area contributed by atoms with E-state index in [4.69, 9.17) is 4.74 Å². The Morgan fingerprint density at radius 1 is 1.00 bits per heavy atom. The van der Waals surface area contributed by atoms with Crippen molar-refractivity contribution in [3.63, 3.8) is 0 Å². The molecule has 5 aromatic rings. The molecule has 0 aliphatic heterocycles. The zero-order valence-corrected chi connectivity index (χ0v) is 22.2. The van der Waals surface area contributed by atoms with E-state index in [0.717, 1.165) is 34.5 Å². The highest BCUT2D eigenvalue weighted by atomic mass is 19.1. The highest BCUT2D eigenvalue weighted by Gasteiger charge is 2.20. The molecule has 0 saturated heterocycles. The van der Waals surface area contributed by atoms with E-state index in [1.165, 1.54) is 35.0 Å². The summed E-state index contributed by atoms with van der Waals surface area (Å²) in [6, 6.07) is 11.3. The first-order valence-corrected chi connectivity index (χ1v) is 12.5. The summed E-state index contributed by atoms with van der Waals surface area (Å²) in [4.78, 5) is 43.7. The minimum Gasteiger partial charge on any atom is -0.454 e. The number of benzene rings is 2. The fourth-order valence-corrected chi connectivity index (χ4v) is 4.09. The van der Waals surface area contributed by atoms with E-state index >= 15 is 0 Å². The zero-order chi connectivity index (χ0) is 29.3. The molecule has 1 amide bonds. The molecule has 0 unspecified atom stereocenters. The predicted octanol–water partition coefficient (Wildman–Crippen LogP) is 4.70. The number of nitrogens with zero attached hydrogens (tertiary/aromatic N) is 5. The van der Waals surface area contributed by atoms with Crippen molar-refractivity contribution >= 4 is 11.6 Å². The number of carbonyl (C=O) groups is 1. The molecule has 0 aliphatic carbocycles. The van der Waals surface area contributed by atoms with Crippen LogP contribution in [-0.2, 0) is 7.05 Å². The van der Waals surface area contributed by atoms with Gasteiger partial charge in [0, 0.05) is 55.1 Å². The third kappa shape index (κ3) is 5.66. The van der Waals surface area contributed by atoms with Crippen LogP contribution >= 0.6 is 0 Å². The number of pyridine rings is 1. The van der Waals surface area contributed by atoms with Crippen LogP contribution in [0, 0.1) is 11.6 Å². The van der Waals surface area contributed by atoms with Crippen molar-refractivity contribution in [3.05, 3.63) is 117 Å². The molecule has 0 atom stereocenters. The van der Waals surface area contributed by atoms with Crippen LogP contribution in [0.1, 0.15) is 30.2 Å². The molecule has 0 fully saturated rings. The van der Waals surface area contributed by atoms with Crippen LogP contribution in [0.3, 0.4) is 0 Å². The Morgan fingerprint density at radius 2 is 1.76 bits per heavy atom. The Morgan fingerprint density at radius 3 is 2.41 bits per heavy atom. The monoisotopic (exact) mass is 558 g/mol. The number of anilines is 1. The molecule has 1 N–H and O–H groups in total. The van der Waals surface area contributed by atoms with Gasteiger partial charge in [0.25, 0.3) is 11.5 Å². The van der Waals surface area contributed by atoms with Gasteiger partial charge in [0.2, 0.25) is 0 Å². The van der Waals surface area contributed by atoms with Gasteiger partial charge < -0.3 is 10.1 Å². The Hall–Kier alpha value is -5.39. The van der Waals surface area contributed by atoms with Crippen LogP contribution < -0.4 is 21.3 Å². The summed E-state index contributed by atoms with van der Waals surface area (Å²) in [5.74, 6) is -1.93. The Kier molecular flexibility index (Phi) is 7.30. The average molecular weight is 559 g/mol. The molecule has 12 heteroatoms. The molecule has 0 bridgehead atoms. The van der Waals surface area contributed by atoms with Gasteiger partial charge >= 0.3 is 5.69 Å². The van der Waals surface area contributed by atoms with Crippen LogP contribution in [0.15, 0.2) is 89.0 Å². The van der Waals surface area contributed by atoms with Crippen LogP contribution in [0.25, 0.3) is 16.9 Å². The smallest absolute Gasteiger partial charge is 0.335 e. The van der Waals surface area contributed by atoms with E-state index in [9.17, 15) is 23.2 Å². The molecular formula is C29H24F2N6O4. The number of hydrogen-bond donors (Lipinski definition) is 1. The molecule has 3 heterocycles. The second kappa shape index (κ2) is 11.0. The van der Waals surface area contributed by atoms with E-state index in [0.29, 0.717) is 11.4 Å². The topological polar surface area (TPSA) is 113 Å². The number of hydrogen-bond acceptors (Lipinski definition) is 6. The van der Waals surface area contributed by atoms with Gasteiger partial charge in [-0.3, -0.25) is 23.8 Å². The molecule has 0 spiro atoms. The number of halogens is 2. The van der Waals surface area contributed by atoms with Crippen molar-refractivity contribution < 1.29 is 18.3 Å². The fourth-order valence-electron chi connectivity index (χ4n) is 4.09. The zero-order valence-electron chi connectivity index (χ0n) is 22.2. The fraction of sp³-hybridized carbons (Fsp3) is 0.138. The van der Waals surface area contributed by atoms with E-state index in [1.807, 2.05) is 0 Å². The summed E-state index contributed by atoms with van der Waals surface area (Å²) in [5, 5.41) is 6.61. The van der Waals surface area contributed by atoms with Crippen molar-refractivity contribution in [1.29, 1.82) is 0 Å². The number of amides is 1. The molecule has 0 aliphatic rings. The van der Waals surface area contributed by atoms with Crippen molar-refractivity contribution in [2.75, 3.05) is 5.32 Å². The maximum Gasteiger partial charge on any atom is 0.335 e. The molecule has 208 valence electrons. The van der Waals surface area contributed by atoms with Gasteiger partial charge in [0.05, 0.1) is 17.6 Å². The summed E-state index contributed by atoms with van der Waals surface area (Å²) < 4.78 is 37.8. The van der Waals surface area contributed by atoms with Crippen LogP contribution in [0.4, 0.5) is 14.5 Å². The number of aromatic nitrogens is 5. The van der Waals surface area contributed by atoms with Gasteiger partial charge in [-0.1, -0.05) is 0 Å². The summed E-state index contributed by atoms with van der Waals surface area (Å²) in [6.45, 7) is 3.41. The largest absolute Gasteiger partial charge is 0.454 e. The molecule has 3 aromatic heterocycles. The van der Waals surface area contributed by atoms with Crippen LogP contribution in [-0.4, -0.2) is 29.8 Å². The van der Waals surface area contributed by atoms with E-state index in [1.54, 1.807) is 50.1 Å². The lowest BCUT2D eigenvalue weighted by Gasteiger charge is -2.16. The number of rotatable bonds is 7. The van der Waals surface area contributed by atoms with Gasteiger partial charge in [0.15, 0.2) is 11.6 Å². The molecular weight excluding hydrogens is 534 g/mol. The van der Waals surface area contributed by atoms with Gasteiger partial charge in [-0.15, -0.1) is 0 Å². The lowest BCUT2D eigenvalue weighted by atomic mass is 10.2. The van der Waals surface area contributed by atoms with E-state index in [2.05, 4.69) is 15.4 Å². The van der Waals surface area contributed by atoms with Gasteiger partial charge in [-0.05, 0) is 56.3 Å².